The van der Waals surface area contributed by atoms with E-state index in [2.05, 4.69) is 51.4 Å². The molecule has 3 nitrogen and oxygen atoms in total. The van der Waals surface area contributed by atoms with E-state index < -0.39 is 5.82 Å². The van der Waals surface area contributed by atoms with Gasteiger partial charge in [0.1, 0.15) is 22.5 Å². The number of hydrogen-bond acceptors (Lipinski definition) is 4. The molecule has 0 unspecified atom stereocenters. The van der Waals surface area contributed by atoms with Gasteiger partial charge < -0.3 is 5.32 Å². The van der Waals surface area contributed by atoms with Crippen molar-refractivity contribution in [3.8, 4) is 17.3 Å². The number of nitriles is 1. The molecule has 1 heterocycles. The molecule has 0 aliphatic heterocycles. The summed E-state index contributed by atoms with van der Waals surface area (Å²) in [6, 6.07) is 15.0. The molecule has 26 heavy (non-hydrogen) atoms. The zero-order valence-electron chi connectivity index (χ0n) is 14.0. The molecule has 0 bridgehead atoms. The van der Waals surface area contributed by atoms with Gasteiger partial charge in [-0.2, -0.15) is 5.26 Å². The monoisotopic (exact) mass is 427 g/mol. The number of allylic oxidation sites excluding steroid dienone is 1. The number of aromatic nitrogens is 1. The fourth-order valence-electron chi connectivity index (χ4n) is 2.34. The highest BCUT2D eigenvalue weighted by atomic mass is 79.9. The van der Waals surface area contributed by atoms with Crippen LogP contribution in [0.25, 0.3) is 16.8 Å². The molecule has 0 fully saturated rings. The van der Waals surface area contributed by atoms with Gasteiger partial charge >= 0.3 is 0 Å². The van der Waals surface area contributed by atoms with Crippen LogP contribution in [0.4, 0.5) is 10.1 Å². The zero-order valence-corrected chi connectivity index (χ0v) is 16.4. The number of rotatable bonds is 5. The average molecular weight is 428 g/mol. The van der Waals surface area contributed by atoms with Gasteiger partial charge in [-0.25, -0.2) is 9.37 Å². The molecule has 0 saturated heterocycles. The standard InChI is InChI=1S/C20H15BrFN3S/c1-2-13-3-5-14(6-4-13)19-12-26-20(25-19)15(10-23)11-24-18-8-7-16(21)9-17(18)22/h3-9,11-12,24H,2H2,1H3/b15-11+. The van der Waals surface area contributed by atoms with E-state index in [4.69, 9.17) is 0 Å². The van der Waals surface area contributed by atoms with Crippen molar-refractivity contribution in [1.82, 2.24) is 4.98 Å². The normalized spacial score (nSPS) is 11.2. The summed E-state index contributed by atoms with van der Waals surface area (Å²) in [6.07, 6.45) is 2.47. The fraction of sp³-hybridized carbons (Fsp3) is 0.100. The van der Waals surface area contributed by atoms with Crippen LogP contribution < -0.4 is 5.32 Å². The van der Waals surface area contributed by atoms with Gasteiger partial charge in [0.2, 0.25) is 0 Å². The SMILES string of the molecule is CCc1ccc(-c2csc(/C(C#N)=C/Nc3ccc(Br)cc3F)n2)cc1. The summed E-state index contributed by atoms with van der Waals surface area (Å²) in [5.74, 6) is -0.399. The summed E-state index contributed by atoms with van der Waals surface area (Å²) >= 11 is 4.60. The quantitative estimate of drug-likeness (QED) is 0.489. The first-order valence-corrected chi connectivity index (χ1v) is 9.65. The summed E-state index contributed by atoms with van der Waals surface area (Å²) in [5.41, 5.74) is 3.75. The van der Waals surface area contributed by atoms with Crippen LogP contribution in [0.1, 0.15) is 17.5 Å². The van der Waals surface area contributed by atoms with Crippen LogP contribution >= 0.6 is 27.3 Å². The van der Waals surface area contributed by atoms with E-state index >= 15 is 0 Å². The lowest BCUT2D eigenvalue weighted by atomic mass is 10.1. The molecule has 0 saturated carbocycles. The molecule has 2 aromatic carbocycles. The van der Waals surface area contributed by atoms with Crippen molar-refractivity contribution >= 4 is 38.5 Å². The largest absolute Gasteiger partial charge is 0.358 e. The third kappa shape index (κ3) is 4.18. The van der Waals surface area contributed by atoms with Crippen molar-refractivity contribution in [2.24, 2.45) is 0 Å². The summed E-state index contributed by atoms with van der Waals surface area (Å²) in [5, 5.41) is 14.8. The number of halogens is 2. The lowest BCUT2D eigenvalue weighted by molar-refractivity contribution is 0.631. The number of anilines is 1. The maximum Gasteiger partial charge on any atom is 0.147 e. The Balaban J connectivity index is 1.82. The second-order valence-electron chi connectivity index (χ2n) is 5.53. The predicted molar refractivity (Wildman–Crippen MR) is 108 cm³/mol. The van der Waals surface area contributed by atoms with Gasteiger partial charge in [-0.15, -0.1) is 11.3 Å². The van der Waals surface area contributed by atoms with Gasteiger partial charge in [0, 0.05) is 21.6 Å². The second-order valence-corrected chi connectivity index (χ2v) is 7.30. The van der Waals surface area contributed by atoms with Crippen LogP contribution in [0.3, 0.4) is 0 Å². The fourth-order valence-corrected chi connectivity index (χ4v) is 3.47. The highest BCUT2D eigenvalue weighted by molar-refractivity contribution is 9.10. The molecule has 130 valence electrons. The van der Waals surface area contributed by atoms with Crippen molar-refractivity contribution in [2.75, 3.05) is 5.32 Å². The highest BCUT2D eigenvalue weighted by Gasteiger charge is 2.10. The Kier molecular flexibility index (Phi) is 5.82. The number of benzene rings is 2. The molecule has 0 spiro atoms. The van der Waals surface area contributed by atoms with Gasteiger partial charge in [0.05, 0.1) is 11.4 Å². The summed E-state index contributed by atoms with van der Waals surface area (Å²) < 4.78 is 14.5. The molecule has 0 radical (unpaired) electrons. The predicted octanol–water partition coefficient (Wildman–Crippen LogP) is 6.25. The number of nitrogens with zero attached hydrogens (tertiary/aromatic N) is 2. The lowest BCUT2D eigenvalue weighted by Crippen LogP contribution is -1.94. The highest BCUT2D eigenvalue weighted by Crippen LogP contribution is 2.27. The van der Waals surface area contributed by atoms with Gasteiger partial charge in [-0.1, -0.05) is 47.1 Å². The number of aryl methyl sites for hydroxylation is 1. The Hall–Kier alpha value is -2.49. The van der Waals surface area contributed by atoms with Crippen LogP contribution in [0.5, 0.6) is 0 Å². The van der Waals surface area contributed by atoms with Crippen LogP contribution in [0, 0.1) is 17.1 Å². The molecule has 1 N–H and O–H groups in total. The van der Waals surface area contributed by atoms with E-state index in [1.54, 1.807) is 12.1 Å². The van der Waals surface area contributed by atoms with Crippen molar-refractivity contribution in [3.05, 3.63) is 74.9 Å². The maximum absolute atomic E-state index is 13.9. The smallest absolute Gasteiger partial charge is 0.147 e. The third-order valence-corrected chi connectivity index (χ3v) is 5.18. The average Bonchev–Trinajstić information content (AvgIpc) is 3.14. The second kappa shape index (κ2) is 8.26. The number of thiazole rings is 1. The van der Waals surface area contributed by atoms with Crippen LogP contribution in [0.2, 0.25) is 0 Å². The molecule has 0 amide bonds. The Labute approximate surface area is 164 Å². The molecule has 0 aliphatic rings. The van der Waals surface area contributed by atoms with E-state index in [-0.39, 0.29) is 0 Å². The van der Waals surface area contributed by atoms with Crippen molar-refractivity contribution in [2.45, 2.75) is 13.3 Å². The molecular formula is C20H15BrFN3S. The van der Waals surface area contributed by atoms with Crippen molar-refractivity contribution in [1.29, 1.82) is 5.26 Å². The van der Waals surface area contributed by atoms with E-state index in [1.807, 2.05) is 17.5 Å². The minimum Gasteiger partial charge on any atom is -0.358 e. The minimum absolute atomic E-state index is 0.299. The van der Waals surface area contributed by atoms with Crippen LogP contribution in [0.15, 0.2) is 58.5 Å². The Morgan fingerprint density at radius 3 is 2.73 bits per heavy atom. The zero-order chi connectivity index (χ0) is 18.5. The summed E-state index contributed by atoms with van der Waals surface area (Å²) in [4.78, 5) is 4.54. The molecule has 1 aromatic heterocycles. The van der Waals surface area contributed by atoms with E-state index in [0.717, 1.165) is 17.7 Å². The Morgan fingerprint density at radius 1 is 1.31 bits per heavy atom. The van der Waals surface area contributed by atoms with Crippen molar-refractivity contribution in [3.63, 3.8) is 0 Å². The van der Waals surface area contributed by atoms with E-state index in [0.29, 0.717) is 20.7 Å². The first-order chi connectivity index (χ1) is 12.6. The third-order valence-electron chi connectivity index (χ3n) is 3.82. The number of hydrogen-bond donors (Lipinski definition) is 1. The molecule has 3 rings (SSSR count). The maximum atomic E-state index is 13.9. The topological polar surface area (TPSA) is 48.7 Å². The van der Waals surface area contributed by atoms with E-state index in [9.17, 15) is 9.65 Å². The van der Waals surface area contributed by atoms with Gasteiger partial charge in [-0.05, 0) is 30.2 Å². The van der Waals surface area contributed by atoms with Gasteiger partial charge in [0.25, 0.3) is 0 Å². The molecule has 3 aromatic rings. The summed E-state index contributed by atoms with van der Waals surface area (Å²) in [7, 11) is 0. The Morgan fingerprint density at radius 2 is 2.08 bits per heavy atom. The molecular weight excluding hydrogens is 413 g/mol. The van der Waals surface area contributed by atoms with Crippen molar-refractivity contribution < 1.29 is 4.39 Å². The molecule has 0 atom stereocenters. The molecule has 6 heteroatoms. The first kappa shape index (κ1) is 18.3. The van der Waals surface area contributed by atoms with Gasteiger partial charge in [0.15, 0.2) is 0 Å². The van der Waals surface area contributed by atoms with Crippen LogP contribution in [-0.4, -0.2) is 4.98 Å². The van der Waals surface area contributed by atoms with E-state index in [1.165, 1.54) is 29.2 Å². The molecule has 0 aliphatic carbocycles. The lowest BCUT2D eigenvalue weighted by Gasteiger charge is -2.03. The first-order valence-electron chi connectivity index (χ1n) is 7.97. The Bertz CT molecular complexity index is 987. The summed E-state index contributed by atoms with van der Waals surface area (Å²) in [6.45, 7) is 2.11. The van der Waals surface area contributed by atoms with Crippen LogP contribution in [-0.2, 0) is 6.42 Å². The minimum atomic E-state index is -0.399. The number of nitrogens with one attached hydrogen (secondary N) is 1. The van der Waals surface area contributed by atoms with Gasteiger partial charge in [-0.3, -0.25) is 0 Å².